The van der Waals surface area contributed by atoms with Crippen LogP contribution in [0.2, 0.25) is 0 Å². The Morgan fingerprint density at radius 3 is 2.71 bits per heavy atom. The normalized spacial score (nSPS) is 11.0. The highest BCUT2D eigenvalue weighted by atomic mass is 32.2. The highest BCUT2D eigenvalue weighted by Gasteiger charge is 2.16. The number of hydrogen-bond acceptors (Lipinski definition) is 6. The second kappa shape index (κ2) is 8.75. The van der Waals surface area contributed by atoms with Crippen molar-refractivity contribution in [3.63, 3.8) is 0 Å². The molecule has 8 nitrogen and oxygen atoms in total. The second-order valence-corrected chi connectivity index (χ2v) is 7.22. The van der Waals surface area contributed by atoms with Gasteiger partial charge in [-0.1, -0.05) is 23.9 Å². The SMILES string of the molecule is CC(C)n1c(SCC(=O)NC(=O)NCc2ccco2)nc2ccccc2c1=O. The minimum atomic E-state index is -0.616. The zero-order valence-corrected chi connectivity index (χ0v) is 16.3. The van der Waals surface area contributed by atoms with Crippen LogP contribution in [0.4, 0.5) is 4.79 Å². The van der Waals surface area contributed by atoms with Gasteiger partial charge in [-0.2, -0.15) is 0 Å². The molecule has 146 valence electrons. The molecule has 0 unspecified atom stereocenters. The molecule has 2 heterocycles. The largest absolute Gasteiger partial charge is 0.467 e. The van der Waals surface area contributed by atoms with Crippen molar-refractivity contribution in [1.29, 1.82) is 0 Å². The number of nitrogens with zero attached hydrogens (tertiary/aromatic N) is 2. The summed E-state index contributed by atoms with van der Waals surface area (Å²) in [5.74, 6) is 0.0454. The van der Waals surface area contributed by atoms with Crippen LogP contribution in [0.3, 0.4) is 0 Å². The van der Waals surface area contributed by atoms with Crippen LogP contribution in [-0.2, 0) is 11.3 Å². The van der Waals surface area contributed by atoms with Gasteiger partial charge in [0, 0.05) is 6.04 Å². The van der Waals surface area contributed by atoms with Crippen LogP contribution in [0.5, 0.6) is 0 Å². The van der Waals surface area contributed by atoms with Crippen LogP contribution in [-0.4, -0.2) is 27.2 Å². The minimum Gasteiger partial charge on any atom is -0.467 e. The Hall–Kier alpha value is -3.07. The van der Waals surface area contributed by atoms with Crippen molar-refractivity contribution in [3.05, 3.63) is 58.8 Å². The quantitative estimate of drug-likeness (QED) is 0.487. The predicted molar refractivity (Wildman–Crippen MR) is 106 cm³/mol. The lowest BCUT2D eigenvalue weighted by molar-refractivity contribution is -0.117. The van der Waals surface area contributed by atoms with Gasteiger partial charge in [0.2, 0.25) is 5.91 Å². The molecule has 0 aliphatic carbocycles. The number of furan rings is 1. The maximum Gasteiger partial charge on any atom is 0.321 e. The number of carbonyl (C=O) groups is 2. The van der Waals surface area contributed by atoms with E-state index in [1.54, 1.807) is 41.0 Å². The molecule has 0 aliphatic rings. The van der Waals surface area contributed by atoms with Gasteiger partial charge in [0.25, 0.3) is 5.56 Å². The van der Waals surface area contributed by atoms with Crippen LogP contribution in [0.25, 0.3) is 10.9 Å². The highest BCUT2D eigenvalue weighted by Crippen LogP contribution is 2.20. The first-order chi connectivity index (χ1) is 13.5. The van der Waals surface area contributed by atoms with Crippen molar-refractivity contribution in [3.8, 4) is 0 Å². The summed E-state index contributed by atoms with van der Waals surface area (Å²) in [5, 5.41) is 5.74. The van der Waals surface area contributed by atoms with Crippen molar-refractivity contribution in [1.82, 2.24) is 20.2 Å². The maximum atomic E-state index is 12.7. The van der Waals surface area contributed by atoms with Gasteiger partial charge in [-0.3, -0.25) is 19.5 Å². The lowest BCUT2D eigenvalue weighted by Crippen LogP contribution is -2.40. The number of urea groups is 1. The highest BCUT2D eigenvalue weighted by molar-refractivity contribution is 7.99. The van der Waals surface area contributed by atoms with Gasteiger partial charge in [-0.25, -0.2) is 9.78 Å². The van der Waals surface area contributed by atoms with Gasteiger partial charge in [0.1, 0.15) is 5.76 Å². The summed E-state index contributed by atoms with van der Waals surface area (Å²) < 4.78 is 6.66. The third-order valence-corrected chi connectivity index (χ3v) is 4.83. The monoisotopic (exact) mass is 400 g/mol. The Bertz CT molecular complexity index is 1040. The predicted octanol–water partition coefficient (Wildman–Crippen LogP) is 2.69. The Labute approximate surface area is 165 Å². The number of rotatable bonds is 6. The number of para-hydroxylation sites is 1. The molecule has 28 heavy (non-hydrogen) atoms. The van der Waals surface area contributed by atoms with E-state index in [2.05, 4.69) is 15.6 Å². The molecule has 0 spiro atoms. The fourth-order valence-electron chi connectivity index (χ4n) is 2.60. The second-order valence-electron chi connectivity index (χ2n) is 6.28. The van der Waals surface area contributed by atoms with Gasteiger partial charge in [0.05, 0.1) is 29.5 Å². The van der Waals surface area contributed by atoms with Crippen LogP contribution < -0.4 is 16.2 Å². The molecule has 1 aromatic carbocycles. The van der Waals surface area contributed by atoms with E-state index < -0.39 is 11.9 Å². The summed E-state index contributed by atoms with van der Waals surface area (Å²) in [6.45, 7) is 3.94. The number of imide groups is 1. The van der Waals surface area contributed by atoms with E-state index >= 15 is 0 Å². The minimum absolute atomic E-state index is 0.0499. The molecule has 0 bridgehead atoms. The third kappa shape index (κ3) is 4.61. The first kappa shape index (κ1) is 19.7. The van der Waals surface area contributed by atoms with E-state index in [0.29, 0.717) is 21.8 Å². The van der Waals surface area contributed by atoms with E-state index in [1.165, 1.54) is 6.26 Å². The Balaban J connectivity index is 1.65. The first-order valence-electron chi connectivity index (χ1n) is 8.70. The third-order valence-electron chi connectivity index (χ3n) is 3.88. The number of hydrogen-bond donors (Lipinski definition) is 2. The van der Waals surface area contributed by atoms with Crippen LogP contribution >= 0.6 is 11.8 Å². The van der Waals surface area contributed by atoms with Gasteiger partial charge < -0.3 is 9.73 Å². The van der Waals surface area contributed by atoms with Gasteiger partial charge in [-0.05, 0) is 38.1 Å². The molecule has 2 N–H and O–H groups in total. The zero-order valence-electron chi connectivity index (χ0n) is 15.5. The Morgan fingerprint density at radius 1 is 1.21 bits per heavy atom. The molecule has 0 atom stereocenters. The number of fused-ring (bicyclic) bond motifs is 1. The lowest BCUT2D eigenvalue weighted by Gasteiger charge is -2.16. The molecule has 3 aromatic rings. The molecular weight excluding hydrogens is 380 g/mol. The number of nitrogens with one attached hydrogen (secondary N) is 2. The summed E-state index contributed by atoms with van der Waals surface area (Å²) in [4.78, 5) is 41.1. The summed E-state index contributed by atoms with van der Waals surface area (Å²) in [6.07, 6.45) is 1.50. The molecule has 3 rings (SSSR count). The lowest BCUT2D eigenvalue weighted by atomic mass is 10.2. The van der Waals surface area contributed by atoms with Crippen molar-refractivity contribution < 1.29 is 14.0 Å². The van der Waals surface area contributed by atoms with Crippen LogP contribution in [0.15, 0.2) is 57.0 Å². The zero-order chi connectivity index (χ0) is 20.1. The van der Waals surface area contributed by atoms with Crippen LogP contribution in [0.1, 0.15) is 25.6 Å². The van der Waals surface area contributed by atoms with Gasteiger partial charge in [0.15, 0.2) is 5.16 Å². The molecule has 2 aromatic heterocycles. The maximum absolute atomic E-state index is 12.7. The molecule has 0 saturated heterocycles. The molecule has 3 amide bonds. The van der Waals surface area contributed by atoms with Crippen molar-refractivity contribution in [2.75, 3.05) is 5.75 Å². The van der Waals surface area contributed by atoms with E-state index in [-0.39, 0.29) is 23.9 Å². The van der Waals surface area contributed by atoms with E-state index in [9.17, 15) is 14.4 Å². The van der Waals surface area contributed by atoms with E-state index in [4.69, 9.17) is 4.42 Å². The number of amides is 3. The Morgan fingerprint density at radius 2 is 2.00 bits per heavy atom. The fourth-order valence-corrected chi connectivity index (χ4v) is 3.53. The van der Waals surface area contributed by atoms with E-state index in [1.807, 2.05) is 13.8 Å². The van der Waals surface area contributed by atoms with E-state index in [0.717, 1.165) is 11.8 Å². The molecule has 0 aliphatic heterocycles. The topological polar surface area (TPSA) is 106 Å². The van der Waals surface area contributed by atoms with Gasteiger partial charge in [-0.15, -0.1) is 0 Å². The number of carbonyl (C=O) groups excluding carboxylic acids is 2. The number of benzene rings is 1. The molecule has 0 fully saturated rings. The first-order valence-corrected chi connectivity index (χ1v) is 9.68. The average molecular weight is 400 g/mol. The van der Waals surface area contributed by atoms with Crippen molar-refractivity contribution in [2.45, 2.75) is 31.6 Å². The smallest absolute Gasteiger partial charge is 0.321 e. The number of aromatic nitrogens is 2. The van der Waals surface area contributed by atoms with Gasteiger partial charge >= 0.3 is 6.03 Å². The molecule has 0 radical (unpaired) electrons. The van der Waals surface area contributed by atoms with Crippen LogP contribution in [0, 0.1) is 0 Å². The Kier molecular flexibility index (Phi) is 6.15. The summed E-state index contributed by atoms with van der Waals surface area (Å²) in [7, 11) is 0. The summed E-state index contributed by atoms with van der Waals surface area (Å²) >= 11 is 1.11. The van der Waals surface area contributed by atoms with Crippen molar-refractivity contribution >= 4 is 34.6 Å². The molecule has 0 saturated carbocycles. The number of thioether (sulfide) groups is 1. The summed E-state index contributed by atoms with van der Waals surface area (Å²) in [5.41, 5.74) is 0.420. The fraction of sp³-hybridized carbons (Fsp3) is 0.263. The average Bonchev–Trinajstić information content (AvgIpc) is 3.18. The van der Waals surface area contributed by atoms with Crippen molar-refractivity contribution in [2.24, 2.45) is 0 Å². The molecular formula is C19H20N4O4S. The molecule has 9 heteroatoms. The standard InChI is InChI=1S/C19H20N4O4S/c1-12(2)23-17(25)14-7-3-4-8-15(14)21-19(23)28-11-16(24)22-18(26)20-10-13-6-5-9-27-13/h3-9,12H,10-11H2,1-2H3,(H2,20,22,24,26). The summed E-state index contributed by atoms with van der Waals surface area (Å²) in [6, 6.07) is 9.77.